The molecule has 1 aliphatic carbocycles. The van der Waals surface area contributed by atoms with E-state index in [9.17, 15) is 14.4 Å². The molecule has 11 heteroatoms. The molecule has 1 saturated heterocycles. The minimum absolute atomic E-state index is 0.0364. The van der Waals surface area contributed by atoms with Crippen molar-refractivity contribution in [2.45, 2.75) is 57.7 Å². The second-order valence-electron chi connectivity index (χ2n) is 9.90. The SMILES string of the molecule is CCC(=O)N[C@H]1CCCCC1n1c(-c2ccccc2)c(C(=O)N2CCNCC2)n(Cc2csc(N)n2)c1=O. The zero-order valence-corrected chi connectivity index (χ0v) is 22.5. The number of rotatable bonds is 7. The average Bonchev–Trinajstić information content (AvgIpc) is 3.49. The van der Waals surface area contributed by atoms with Crippen LogP contribution in [0.25, 0.3) is 11.3 Å². The van der Waals surface area contributed by atoms with Gasteiger partial charge in [-0.3, -0.25) is 18.7 Å². The Kier molecular flexibility index (Phi) is 7.94. The molecule has 2 amide bonds. The summed E-state index contributed by atoms with van der Waals surface area (Å²) in [6, 6.07) is 9.17. The molecule has 3 aromatic rings. The van der Waals surface area contributed by atoms with Crippen molar-refractivity contribution in [2.75, 3.05) is 31.9 Å². The molecule has 0 spiro atoms. The third-order valence-electron chi connectivity index (χ3n) is 7.44. The molecule has 2 fully saturated rings. The number of nitrogens with zero attached hydrogens (tertiary/aromatic N) is 4. The van der Waals surface area contributed by atoms with E-state index in [0.29, 0.717) is 54.8 Å². The molecule has 202 valence electrons. The molecule has 4 N–H and O–H groups in total. The van der Waals surface area contributed by atoms with Gasteiger partial charge in [0.05, 0.1) is 24.0 Å². The fourth-order valence-electron chi connectivity index (χ4n) is 5.58. The molecule has 1 saturated carbocycles. The molecule has 3 heterocycles. The van der Waals surface area contributed by atoms with Gasteiger partial charge in [0.25, 0.3) is 5.91 Å². The molecule has 2 aromatic heterocycles. The fourth-order valence-corrected chi connectivity index (χ4v) is 6.13. The fraction of sp³-hybridized carbons (Fsp3) is 0.481. The van der Waals surface area contributed by atoms with Crippen LogP contribution in [0.4, 0.5) is 5.13 Å². The largest absolute Gasteiger partial charge is 0.375 e. The molecule has 2 atom stereocenters. The van der Waals surface area contributed by atoms with Crippen molar-refractivity contribution in [1.82, 2.24) is 29.7 Å². The van der Waals surface area contributed by atoms with Crippen LogP contribution in [0.3, 0.4) is 0 Å². The van der Waals surface area contributed by atoms with Gasteiger partial charge in [-0.15, -0.1) is 11.3 Å². The molecule has 1 unspecified atom stereocenters. The second kappa shape index (κ2) is 11.5. The Balaban J connectivity index is 1.72. The molecular formula is C27H35N7O3S. The van der Waals surface area contributed by atoms with E-state index in [1.165, 1.54) is 11.3 Å². The van der Waals surface area contributed by atoms with E-state index in [-0.39, 0.29) is 36.1 Å². The minimum atomic E-state index is -0.267. The third-order valence-corrected chi connectivity index (χ3v) is 8.17. The number of nitrogens with one attached hydrogen (secondary N) is 2. The van der Waals surface area contributed by atoms with Crippen LogP contribution in [0.15, 0.2) is 40.5 Å². The number of carbonyl (C=O) groups is 2. The maximum Gasteiger partial charge on any atom is 0.329 e. The van der Waals surface area contributed by atoms with Crippen LogP contribution in [0.1, 0.15) is 61.3 Å². The van der Waals surface area contributed by atoms with Crippen LogP contribution in [-0.4, -0.2) is 63.1 Å². The van der Waals surface area contributed by atoms with Gasteiger partial charge in [0, 0.05) is 49.6 Å². The van der Waals surface area contributed by atoms with E-state index in [1.54, 1.807) is 9.13 Å². The van der Waals surface area contributed by atoms with Gasteiger partial charge in [-0.25, -0.2) is 9.78 Å². The smallest absolute Gasteiger partial charge is 0.329 e. The number of nitrogen functional groups attached to an aromatic ring is 1. The van der Waals surface area contributed by atoms with Crippen molar-refractivity contribution in [1.29, 1.82) is 0 Å². The van der Waals surface area contributed by atoms with Crippen molar-refractivity contribution < 1.29 is 9.59 Å². The number of hydrogen-bond acceptors (Lipinski definition) is 7. The van der Waals surface area contributed by atoms with E-state index in [2.05, 4.69) is 15.6 Å². The molecule has 1 aliphatic heterocycles. The first-order valence-corrected chi connectivity index (χ1v) is 14.3. The number of thiazole rings is 1. The highest BCUT2D eigenvalue weighted by Crippen LogP contribution is 2.35. The van der Waals surface area contributed by atoms with Gasteiger partial charge >= 0.3 is 5.69 Å². The number of imidazole rings is 1. The van der Waals surface area contributed by atoms with Gasteiger partial charge in [0.1, 0.15) is 5.69 Å². The van der Waals surface area contributed by atoms with Gasteiger partial charge < -0.3 is 21.3 Å². The third kappa shape index (κ3) is 5.25. The Morgan fingerprint density at radius 3 is 2.58 bits per heavy atom. The summed E-state index contributed by atoms with van der Waals surface area (Å²) in [5.41, 5.74) is 8.03. The number of amides is 2. The molecule has 5 rings (SSSR count). The van der Waals surface area contributed by atoms with E-state index in [0.717, 1.165) is 31.2 Å². The normalized spacial score (nSPS) is 19.9. The Bertz CT molecular complexity index is 1340. The van der Waals surface area contributed by atoms with Crippen molar-refractivity contribution in [3.05, 3.63) is 57.6 Å². The van der Waals surface area contributed by atoms with Crippen LogP contribution in [0.2, 0.25) is 0 Å². The number of nitrogens with two attached hydrogens (primary N) is 1. The minimum Gasteiger partial charge on any atom is -0.375 e. The van der Waals surface area contributed by atoms with E-state index in [4.69, 9.17) is 5.73 Å². The summed E-state index contributed by atoms with van der Waals surface area (Å²) in [5.74, 6) is -0.208. The number of aromatic nitrogens is 3. The predicted octanol–water partition coefficient (Wildman–Crippen LogP) is 2.46. The first-order valence-electron chi connectivity index (χ1n) is 13.4. The lowest BCUT2D eigenvalue weighted by Crippen LogP contribution is -2.47. The van der Waals surface area contributed by atoms with E-state index < -0.39 is 0 Å². The maximum absolute atomic E-state index is 14.4. The molecule has 0 bridgehead atoms. The first-order chi connectivity index (χ1) is 18.5. The number of anilines is 1. The van der Waals surface area contributed by atoms with Crippen LogP contribution >= 0.6 is 11.3 Å². The number of carbonyl (C=O) groups excluding carboxylic acids is 2. The topological polar surface area (TPSA) is 127 Å². The Morgan fingerprint density at radius 2 is 1.89 bits per heavy atom. The molecule has 0 radical (unpaired) electrons. The summed E-state index contributed by atoms with van der Waals surface area (Å²) in [5, 5.41) is 8.69. The second-order valence-corrected chi connectivity index (χ2v) is 10.8. The Labute approximate surface area is 225 Å². The monoisotopic (exact) mass is 537 g/mol. The lowest BCUT2D eigenvalue weighted by molar-refractivity contribution is -0.122. The van der Waals surface area contributed by atoms with Gasteiger partial charge in [-0.2, -0.15) is 0 Å². The summed E-state index contributed by atoms with van der Waals surface area (Å²) in [6.07, 6.45) is 3.82. The maximum atomic E-state index is 14.4. The zero-order valence-electron chi connectivity index (χ0n) is 21.7. The van der Waals surface area contributed by atoms with E-state index in [1.807, 2.05) is 47.5 Å². The number of hydrogen-bond donors (Lipinski definition) is 3. The molecule has 10 nitrogen and oxygen atoms in total. The summed E-state index contributed by atoms with van der Waals surface area (Å²) in [7, 11) is 0. The highest BCUT2D eigenvalue weighted by atomic mass is 32.1. The summed E-state index contributed by atoms with van der Waals surface area (Å²) in [4.78, 5) is 47.2. The van der Waals surface area contributed by atoms with Gasteiger partial charge in [0.15, 0.2) is 5.13 Å². The summed E-state index contributed by atoms with van der Waals surface area (Å²) >= 11 is 1.31. The number of piperazine rings is 1. The average molecular weight is 538 g/mol. The highest BCUT2D eigenvalue weighted by molar-refractivity contribution is 7.13. The van der Waals surface area contributed by atoms with Gasteiger partial charge in [0.2, 0.25) is 5.91 Å². The van der Waals surface area contributed by atoms with Crippen molar-refractivity contribution in [2.24, 2.45) is 0 Å². The standard InChI is InChI=1S/C27H35N7O3S/c1-2-22(35)31-20-10-6-7-11-21(20)34-23(18-8-4-3-5-9-18)24(25(36)32-14-12-29-13-15-32)33(27(34)37)16-19-17-38-26(28)30-19/h3-5,8-9,17,20-21,29H,2,6-7,10-16H2,1H3,(H2,28,30)(H,31,35)/t20-,21?/m0/s1. The van der Waals surface area contributed by atoms with Crippen LogP contribution in [0, 0.1) is 0 Å². The molecular weight excluding hydrogens is 502 g/mol. The number of benzene rings is 1. The molecule has 38 heavy (non-hydrogen) atoms. The quantitative estimate of drug-likeness (QED) is 0.425. The van der Waals surface area contributed by atoms with Crippen LogP contribution < -0.4 is 22.1 Å². The summed E-state index contributed by atoms with van der Waals surface area (Å²) < 4.78 is 3.34. The highest BCUT2D eigenvalue weighted by Gasteiger charge is 2.36. The van der Waals surface area contributed by atoms with E-state index >= 15 is 0 Å². The molecule has 2 aliphatic rings. The lowest BCUT2D eigenvalue weighted by Gasteiger charge is -2.34. The van der Waals surface area contributed by atoms with Crippen LogP contribution in [-0.2, 0) is 11.3 Å². The lowest BCUT2D eigenvalue weighted by atomic mass is 9.89. The van der Waals surface area contributed by atoms with Gasteiger partial charge in [-0.05, 0) is 12.8 Å². The predicted molar refractivity (Wildman–Crippen MR) is 148 cm³/mol. The Hall–Kier alpha value is -3.44. The van der Waals surface area contributed by atoms with Crippen molar-refractivity contribution in [3.63, 3.8) is 0 Å². The summed E-state index contributed by atoms with van der Waals surface area (Å²) in [6.45, 7) is 4.51. The van der Waals surface area contributed by atoms with Crippen molar-refractivity contribution in [3.8, 4) is 11.3 Å². The van der Waals surface area contributed by atoms with Gasteiger partial charge in [-0.1, -0.05) is 50.1 Å². The Morgan fingerprint density at radius 1 is 1.16 bits per heavy atom. The molecule has 1 aromatic carbocycles. The van der Waals surface area contributed by atoms with Crippen molar-refractivity contribution >= 4 is 28.3 Å². The zero-order chi connectivity index (χ0) is 26.6. The van der Waals surface area contributed by atoms with Crippen LogP contribution in [0.5, 0.6) is 0 Å². The first kappa shape index (κ1) is 26.2.